The molecule has 0 radical (unpaired) electrons. The van der Waals surface area contributed by atoms with Gasteiger partial charge in [0.2, 0.25) is 6.29 Å². The largest absolute Gasteiger partial charge is 0.463 e. The highest BCUT2D eigenvalue weighted by Gasteiger charge is 2.71. The molecule has 25 heavy (non-hydrogen) atoms. The average Bonchev–Trinajstić information content (AvgIpc) is 3.01. The molecule has 0 spiro atoms. The van der Waals surface area contributed by atoms with Crippen molar-refractivity contribution in [2.75, 3.05) is 0 Å². The van der Waals surface area contributed by atoms with Crippen molar-refractivity contribution in [3.8, 4) is 0 Å². The van der Waals surface area contributed by atoms with E-state index in [-0.39, 0.29) is 47.2 Å². The summed E-state index contributed by atoms with van der Waals surface area (Å²) in [5.41, 5.74) is -0.0816. The van der Waals surface area contributed by atoms with Gasteiger partial charge in [-0.05, 0) is 68.6 Å². The Morgan fingerprint density at radius 3 is 2.76 bits per heavy atom. The van der Waals surface area contributed by atoms with E-state index in [2.05, 4.69) is 13.8 Å². The minimum absolute atomic E-state index is 0.0507. The van der Waals surface area contributed by atoms with Crippen LogP contribution in [0.25, 0.3) is 0 Å². The molecule has 9 unspecified atom stereocenters. The van der Waals surface area contributed by atoms with Crippen LogP contribution in [0.15, 0.2) is 0 Å². The van der Waals surface area contributed by atoms with E-state index in [9.17, 15) is 9.59 Å². The van der Waals surface area contributed by atoms with E-state index in [0.29, 0.717) is 17.8 Å². The summed E-state index contributed by atoms with van der Waals surface area (Å²) in [6.07, 6.45) is 5.95. The van der Waals surface area contributed by atoms with E-state index in [1.807, 2.05) is 0 Å². The Morgan fingerprint density at radius 1 is 1.20 bits per heavy atom. The number of ether oxygens (including phenoxy) is 3. The number of hydrogen-bond donors (Lipinski definition) is 0. The first-order valence-corrected chi connectivity index (χ1v) is 9.87. The van der Waals surface area contributed by atoms with Crippen molar-refractivity contribution >= 4 is 11.9 Å². The smallest absolute Gasteiger partial charge is 0.314 e. The van der Waals surface area contributed by atoms with E-state index < -0.39 is 0 Å². The van der Waals surface area contributed by atoms with Crippen LogP contribution in [0.2, 0.25) is 0 Å². The third kappa shape index (κ3) is 1.99. The zero-order valence-electron chi connectivity index (χ0n) is 15.3. The molecule has 0 N–H and O–H groups in total. The zero-order chi connectivity index (χ0) is 17.6. The number of carbonyl (C=O) groups is 2. The lowest BCUT2D eigenvalue weighted by molar-refractivity contribution is -0.184. The third-order valence-corrected chi connectivity index (χ3v) is 8.49. The summed E-state index contributed by atoms with van der Waals surface area (Å²) in [5, 5.41) is 0. The molecule has 2 saturated heterocycles. The van der Waals surface area contributed by atoms with Crippen LogP contribution in [0.4, 0.5) is 0 Å². The maximum atomic E-state index is 12.4. The maximum Gasteiger partial charge on any atom is 0.314 e. The van der Waals surface area contributed by atoms with Crippen LogP contribution >= 0.6 is 0 Å². The van der Waals surface area contributed by atoms with Crippen molar-refractivity contribution in [2.24, 2.45) is 34.5 Å². The number of rotatable bonds is 1. The SMILES string of the molecule is CC(=O)OC1CCC2(C)C(C1)CC1OC3OC(=O)C4(C)CCC2C1C34. The molecule has 0 bridgehead atoms. The molecule has 0 aromatic carbocycles. The summed E-state index contributed by atoms with van der Waals surface area (Å²) >= 11 is 0. The van der Waals surface area contributed by atoms with Gasteiger partial charge >= 0.3 is 11.9 Å². The molecule has 5 nitrogen and oxygen atoms in total. The van der Waals surface area contributed by atoms with E-state index in [1.54, 1.807) is 0 Å². The number of esters is 2. The highest BCUT2D eigenvalue weighted by atomic mass is 16.7. The molecular weight excluding hydrogens is 320 g/mol. The highest BCUT2D eigenvalue weighted by molar-refractivity contribution is 5.79. The molecule has 3 aliphatic carbocycles. The van der Waals surface area contributed by atoms with E-state index in [1.165, 1.54) is 6.92 Å². The van der Waals surface area contributed by atoms with Crippen molar-refractivity contribution < 1.29 is 23.8 Å². The molecule has 2 heterocycles. The first-order chi connectivity index (χ1) is 11.8. The lowest BCUT2D eigenvalue weighted by atomic mass is 9.45. The Labute approximate surface area is 148 Å². The van der Waals surface area contributed by atoms with Crippen LogP contribution in [-0.4, -0.2) is 30.4 Å². The summed E-state index contributed by atoms with van der Waals surface area (Å²) < 4.78 is 17.4. The fourth-order valence-electron chi connectivity index (χ4n) is 7.23. The molecule has 5 fully saturated rings. The predicted octanol–water partition coefficient (Wildman–Crippen LogP) is 3.06. The van der Waals surface area contributed by atoms with Crippen LogP contribution in [0.3, 0.4) is 0 Å². The first kappa shape index (κ1) is 16.1. The first-order valence-electron chi connectivity index (χ1n) is 9.87. The van der Waals surface area contributed by atoms with Gasteiger partial charge < -0.3 is 14.2 Å². The quantitative estimate of drug-likeness (QED) is 0.682. The van der Waals surface area contributed by atoms with Gasteiger partial charge in [0.05, 0.1) is 11.5 Å². The van der Waals surface area contributed by atoms with Crippen molar-refractivity contribution in [2.45, 2.75) is 77.8 Å². The fourth-order valence-corrected chi connectivity index (χ4v) is 7.23. The molecule has 2 aliphatic heterocycles. The van der Waals surface area contributed by atoms with Gasteiger partial charge in [-0.2, -0.15) is 0 Å². The zero-order valence-corrected chi connectivity index (χ0v) is 15.3. The topological polar surface area (TPSA) is 61.8 Å². The van der Waals surface area contributed by atoms with Crippen molar-refractivity contribution in [1.82, 2.24) is 0 Å². The maximum absolute atomic E-state index is 12.4. The second-order valence-corrected chi connectivity index (χ2v) is 9.56. The number of carbonyl (C=O) groups excluding carboxylic acids is 2. The van der Waals surface area contributed by atoms with Gasteiger partial charge in [0.25, 0.3) is 0 Å². The summed E-state index contributed by atoms with van der Waals surface area (Å²) in [6, 6.07) is 0. The van der Waals surface area contributed by atoms with Gasteiger partial charge in [-0.3, -0.25) is 9.59 Å². The molecule has 5 aliphatic rings. The molecular formula is C20H28O5. The summed E-state index contributed by atoms with van der Waals surface area (Å²) in [7, 11) is 0. The molecule has 3 saturated carbocycles. The van der Waals surface area contributed by atoms with E-state index in [0.717, 1.165) is 38.5 Å². The number of fused-ring (bicyclic) bond motifs is 2. The highest BCUT2D eigenvalue weighted by Crippen LogP contribution is 2.68. The third-order valence-electron chi connectivity index (χ3n) is 8.49. The standard InChI is InChI=1S/C20H28O5/c1-10(21)23-12-4-6-19(2)11(8-12)9-14-15-13(19)5-7-20(3)16(15)17(24-14)25-18(20)22/h11-17H,4-9H2,1-3H3. The minimum Gasteiger partial charge on any atom is -0.463 e. The second-order valence-electron chi connectivity index (χ2n) is 9.56. The van der Waals surface area contributed by atoms with Gasteiger partial charge in [0.15, 0.2) is 0 Å². The monoisotopic (exact) mass is 348 g/mol. The summed E-state index contributed by atoms with van der Waals surface area (Å²) in [4.78, 5) is 23.8. The van der Waals surface area contributed by atoms with Gasteiger partial charge in [0.1, 0.15) is 6.10 Å². The minimum atomic E-state index is -0.348. The lowest BCUT2D eigenvalue weighted by Crippen LogP contribution is -2.57. The Morgan fingerprint density at radius 2 is 2.00 bits per heavy atom. The van der Waals surface area contributed by atoms with Gasteiger partial charge in [-0.1, -0.05) is 6.92 Å². The van der Waals surface area contributed by atoms with Crippen molar-refractivity contribution in [3.05, 3.63) is 0 Å². The molecule has 5 rings (SSSR count). The number of hydrogen-bond acceptors (Lipinski definition) is 5. The molecule has 0 aromatic heterocycles. The van der Waals surface area contributed by atoms with Crippen LogP contribution in [0.1, 0.15) is 59.3 Å². The van der Waals surface area contributed by atoms with E-state index in [4.69, 9.17) is 14.2 Å². The predicted molar refractivity (Wildman–Crippen MR) is 88.2 cm³/mol. The average molecular weight is 348 g/mol. The van der Waals surface area contributed by atoms with Crippen LogP contribution in [-0.2, 0) is 23.8 Å². The summed E-state index contributed by atoms with van der Waals surface area (Å²) in [5.74, 6) is 1.57. The van der Waals surface area contributed by atoms with Gasteiger partial charge in [-0.25, -0.2) is 0 Å². The van der Waals surface area contributed by atoms with Crippen LogP contribution < -0.4 is 0 Å². The second kappa shape index (κ2) is 4.99. The van der Waals surface area contributed by atoms with E-state index >= 15 is 0 Å². The van der Waals surface area contributed by atoms with Crippen molar-refractivity contribution in [3.63, 3.8) is 0 Å². The van der Waals surface area contributed by atoms with Crippen molar-refractivity contribution in [1.29, 1.82) is 0 Å². The molecule has 138 valence electrons. The Bertz CT molecular complexity index is 632. The van der Waals surface area contributed by atoms with Gasteiger partial charge in [-0.15, -0.1) is 0 Å². The Hall–Kier alpha value is -1.10. The lowest BCUT2D eigenvalue weighted by Gasteiger charge is -2.59. The Kier molecular flexibility index (Phi) is 3.22. The molecule has 9 atom stereocenters. The molecule has 0 aromatic rings. The normalized spacial score (nSPS) is 56.0. The Balaban J connectivity index is 1.45. The molecule has 0 amide bonds. The summed E-state index contributed by atoms with van der Waals surface area (Å²) in [6.45, 7) is 6.03. The van der Waals surface area contributed by atoms with Crippen LogP contribution in [0, 0.1) is 34.5 Å². The fraction of sp³-hybridized carbons (Fsp3) is 0.900. The molecule has 5 heteroatoms. The van der Waals surface area contributed by atoms with Gasteiger partial charge in [0, 0.05) is 12.8 Å². The van der Waals surface area contributed by atoms with Crippen LogP contribution in [0.5, 0.6) is 0 Å².